The number of nitrogens with zero attached hydrogens (tertiary/aromatic N) is 2. The molecule has 0 radical (unpaired) electrons. The SMILES string of the molecule is COc1ccc(/C=c2\sc3nc4cc(C)c(C)cc4n3c2=O)cc1OCc1ccccc1. The maximum absolute atomic E-state index is 13.2. The van der Waals surface area contributed by atoms with Gasteiger partial charge in [-0.2, -0.15) is 0 Å². The highest BCUT2D eigenvalue weighted by Gasteiger charge is 2.13. The molecule has 0 aliphatic rings. The van der Waals surface area contributed by atoms with Crippen LogP contribution < -0.4 is 19.6 Å². The number of imidazole rings is 1. The molecule has 0 bridgehead atoms. The molecular formula is C26H22N2O3S. The van der Waals surface area contributed by atoms with Gasteiger partial charge in [-0.25, -0.2) is 9.38 Å². The number of hydrogen-bond donors (Lipinski definition) is 0. The Bertz CT molecular complexity index is 1550. The van der Waals surface area contributed by atoms with E-state index < -0.39 is 0 Å². The van der Waals surface area contributed by atoms with Crippen molar-refractivity contribution >= 4 is 33.4 Å². The van der Waals surface area contributed by atoms with Gasteiger partial charge in [0.25, 0.3) is 5.56 Å². The molecule has 160 valence electrons. The summed E-state index contributed by atoms with van der Waals surface area (Å²) in [4.78, 5) is 18.5. The maximum atomic E-state index is 13.2. The van der Waals surface area contributed by atoms with Gasteiger partial charge in [0.05, 0.1) is 22.7 Å². The van der Waals surface area contributed by atoms with Crippen molar-refractivity contribution in [3.63, 3.8) is 0 Å². The van der Waals surface area contributed by atoms with Gasteiger partial charge in [-0.05, 0) is 66.4 Å². The minimum atomic E-state index is -0.0571. The molecular weight excluding hydrogens is 420 g/mol. The summed E-state index contributed by atoms with van der Waals surface area (Å²) in [6.07, 6.45) is 1.88. The summed E-state index contributed by atoms with van der Waals surface area (Å²) in [7, 11) is 1.62. The second kappa shape index (κ2) is 8.13. The zero-order valence-corrected chi connectivity index (χ0v) is 18.9. The lowest BCUT2D eigenvalue weighted by Gasteiger charge is -2.11. The van der Waals surface area contributed by atoms with Crippen LogP contribution in [0.4, 0.5) is 0 Å². The number of hydrogen-bond acceptors (Lipinski definition) is 5. The highest BCUT2D eigenvalue weighted by Crippen LogP contribution is 2.29. The zero-order valence-electron chi connectivity index (χ0n) is 18.1. The molecule has 3 aromatic carbocycles. The third kappa shape index (κ3) is 3.63. The molecule has 6 heteroatoms. The first-order valence-corrected chi connectivity index (χ1v) is 11.1. The second-order valence-electron chi connectivity index (χ2n) is 7.76. The number of methoxy groups -OCH3 is 1. The van der Waals surface area contributed by atoms with E-state index in [4.69, 9.17) is 9.47 Å². The van der Waals surface area contributed by atoms with E-state index in [2.05, 4.69) is 11.9 Å². The third-order valence-corrected chi connectivity index (χ3v) is 6.55. The van der Waals surface area contributed by atoms with Crippen molar-refractivity contribution in [1.29, 1.82) is 0 Å². The lowest BCUT2D eigenvalue weighted by molar-refractivity contribution is 0.284. The molecule has 0 N–H and O–H groups in total. The first-order chi connectivity index (χ1) is 15.5. The van der Waals surface area contributed by atoms with Crippen LogP contribution in [0, 0.1) is 13.8 Å². The van der Waals surface area contributed by atoms with Crippen LogP contribution in [0.3, 0.4) is 0 Å². The monoisotopic (exact) mass is 442 g/mol. The smallest absolute Gasteiger partial charge is 0.274 e. The van der Waals surface area contributed by atoms with Crippen LogP contribution >= 0.6 is 11.3 Å². The maximum Gasteiger partial charge on any atom is 0.274 e. The number of fused-ring (bicyclic) bond motifs is 3. The van der Waals surface area contributed by atoms with E-state index in [9.17, 15) is 4.79 Å². The lowest BCUT2D eigenvalue weighted by Crippen LogP contribution is -2.22. The number of rotatable bonds is 5. The molecule has 0 fully saturated rings. The Kier molecular flexibility index (Phi) is 5.15. The molecule has 0 unspecified atom stereocenters. The Morgan fingerprint density at radius 3 is 2.56 bits per heavy atom. The highest BCUT2D eigenvalue weighted by molar-refractivity contribution is 7.15. The molecule has 5 nitrogen and oxygen atoms in total. The fourth-order valence-corrected chi connectivity index (χ4v) is 4.69. The van der Waals surface area contributed by atoms with Crippen molar-refractivity contribution in [2.45, 2.75) is 20.5 Å². The fourth-order valence-electron chi connectivity index (χ4n) is 3.70. The third-order valence-electron chi connectivity index (χ3n) is 5.58. The average Bonchev–Trinajstić information content (AvgIpc) is 3.29. The number of aromatic nitrogens is 2. The van der Waals surface area contributed by atoms with E-state index in [1.165, 1.54) is 16.9 Å². The van der Waals surface area contributed by atoms with E-state index in [1.54, 1.807) is 11.5 Å². The molecule has 0 spiro atoms. The summed E-state index contributed by atoms with van der Waals surface area (Å²) in [6, 6.07) is 19.7. The molecule has 0 aliphatic carbocycles. The molecule has 5 rings (SSSR count). The van der Waals surface area contributed by atoms with Crippen molar-refractivity contribution in [1.82, 2.24) is 9.38 Å². The van der Waals surface area contributed by atoms with Gasteiger partial charge in [0.1, 0.15) is 6.61 Å². The lowest BCUT2D eigenvalue weighted by atomic mass is 10.1. The average molecular weight is 443 g/mol. The Morgan fingerprint density at radius 1 is 1.00 bits per heavy atom. The molecule has 5 aromatic rings. The van der Waals surface area contributed by atoms with E-state index in [0.29, 0.717) is 27.6 Å². The van der Waals surface area contributed by atoms with E-state index in [-0.39, 0.29) is 5.56 Å². The minimum Gasteiger partial charge on any atom is -0.493 e. The normalized spacial score (nSPS) is 12.0. The Morgan fingerprint density at radius 2 is 1.78 bits per heavy atom. The number of thiazole rings is 1. The van der Waals surface area contributed by atoms with Gasteiger partial charge in [0.2, 0.25) is 0 Å². The summed E-state index contributed by atoms with van der Waals surface area (Å²) < 4.78 is 13.8. The van der Waals surface area contributed by atoms with E-state index >= 15 is 0 Å². The van der Waals surface area contributed by atoms with Crippen LogP contribution in [0.2, 0.25) is 0 Å². The van der Waals surface area contributed by atoms with Crippen molar-refractivity contribution in [3.05, 3.63) is 97.8 Å². The highest BCUT2D eigenvalue weighted by atomic mass is 32.1. The molecule has 0 amide bonds. The number of benzene rings is 3. The van der Waals surface area contributed by atoms with Gasteiger partial charge < -0.3 is 9.47 Å². The summed E-state index contributed by atoms with van der Waals surface area (Å²) in [5, 5.41) is 0. The predicted octanol–water partition coefficient (Wildman–Crippen LogP) is 4.66. The van der Waals surface area contributed by atoms with Crippen LogP contribution in [-0.4, -0.2) is 16.5 Å². The summed E-state index contributed by atoms with van der Waals surface area (Å²) in [5.74, 6) is 1.29. The van der Waals surface area contributed by atoms with Crippen LogP contribution in [0.5, 0.6) is 11.5 Å². The predicted molar refractivity (Wildman–Crippen MR) is 129 cm³/mol. The van der Waals surface area contributed by atoms with E-state index in [0.717, 1.165) is 27.7 Å². The molecule has 0 saturated heterocycles. The topological polar surface area (TPSA) is 52.8 Å². The molecule has 2 aromatic heterocycles. The zero-order chi connectivity index (χ0) is 22.2. The molecule has 0 atom stereocenters. The van der Waals surface area contributed by atoms with Crippen molar-refractivity contribution in [3.8, 4) is 11.5 Å². The molecule has 0 aliphatic heterocycles. The Balaban J connectivity index is 1.55. The molecule has 32 heavy (non-hydrogen) atoms. The van der Waals surface area contributed by atoms with Gasteiger partial charge in [-0.15, -0.1) is 0 Å². The first kappa shape index (κ1) is 20.3. The van der Waals surface area contributed by atoms with Crippen LogP contribution in [0.15, 0.2) is 65.5 Å². The van der Waals surface area contributed by atoms with Gasteiger partial charge in [-0.1, -0.05) is 47.7 Å². The Hall–Kier alpha value is -3.64. The fraction of sp³-hybridized carbons (Fsp3) is 0.154. The van der Waals surface area contributed by atoms with Crippen molar-refractivity contribution in [2.75, 3.05) is 7.11 Å². The Labute approximate surface area is 189 Å². The van der Waals surface area contributed by atoms with Gasteiger partial charge in [-0.3, -0.25) is 4.79 Å². The van der Waals surface area contributed by atoms with Crippen molar-refractivity contribution in [2.24, 2.45) is 0 Å². The van der Waals surface area contributed by atoms with Crippen LogP contribution in [0.1, 0.15) is 22.3 Å². The minimum absolute atomic E-state index is 0.0571. The number of aryl methyl sites for hydroxylation is 2. The number of ether oxygens (including phenoxy) is 2. The summed E-state index contributed by atoms with van der Waals surface area (Å²) in [5.41, 5.74) is 5.90. The summed E-state index contributed by atoms with van der Waals surface area (Å²) >= 11 is 1.39. The quantitative estimate of drug-likeness (QED) is 0.397. The first-order valence-electron chi connectivity index (χ1n) is 10.3. The van der Waals surface area contributed by atoms with Crippen LogP contribution in [-0.2, 0) is 6.61 Å². The van der Waals surface area contributed by atoms with Gasteiger partial charge in [0, 0.05) is 0 Å². The molecule has 2 heterocycles. The largest absolute Gasteiger partial charge is 0.493 e. The van der Waals surface area contributed by atoms with E-state index in [1.807, 2.05) is 73.7 Å². The second-order valence-corrected chi connectivity index (χ2v) is 8.76. The van der Waals surface area contributed by atoms with Crippen molar-refractivity contribution < 1.29 is 9.47 Å². The van der Waals surface area contributed by atoms with Gasteiger partial charge in [0.15, 0.2) is 16.5 Å². The molecule has 0 saturated carbocycles. The summed E-state index contributed by atoms with van der Waals surface area (Å²) in [6.45, 7) is 4.54. The standard InChI is InChI=1S/C26H22N2O3S/c1-16-11-20-21(12-17(16)2)28-25(29)24(32-26(28)27-20)14-19-9-10-22(30-3)23(13-19)31-15-18-7-5-4-6-8-18/h4-14H,15H2,1-3H3/b24-14-. The van der Waals surface area contributed by atoms with Gasteiger partial charge >= 0.3 is 0 Å². The van der Waals surface area contributed by atoms with Crippen LogP contribution in [0.25, 0.3) is 22.1 Å².